The molecule has 1 saturated heterocycles. The van der Waals surface area contributed by atoms with E-state index in [2.05, 4.69) is 0 Å². The monoisotopic (exact) mass is 192 g/mol. The van der Waals surface area contributed by atoms with Gasteiger partial charge >= 0.3 is 6.18 Å². The van der Waals surface area contributed by atoms with Crippen molar-refractivity contribution in [2.45, 2.75) is 19.0 Å². The number of rotatable bonds is 2. The van der Waals surface area contributed by atoms with Gasteiger partial charge in [0.15, 0.2) is 5.92 Å². The summed E-state index contributed by atoms with van der Waals surface area (Å²) in [6.45, 7) is 1.21. The SMILES string of the molecule is N#CC(CN1CCCC1)C(F)(F)F. The van der Waals surface area contributed by atoms with E-state index in [0.717, 1.165) is 12.8 Å². The number of nitrogens with zero attached hydrogens (tertiary/aromatic N) is 2. The fourth-order valence-electron chi connectivity index (χ4n) is 1.44. The molecule has 0 N–H and O–H groups in total. The standard InChI is InChI=1S/C8H11F3N2/c9-8(10,11)7(5-12)6-13-3-1-2-4-13/h7H,1-4,6H2. The Morgan fingerprint density at radius 3 is 2.23 bits per heavy atom. The van der Waals surface area contributed by atoms with Crippen LogP contribution in [-0.2, 0) is 0 Å². The van der Waals surface area contributed by atoms with E-state index in [-0.39, 0.29) is 6.54 Å². The third-order valence-corrected chi connectivity index (χ3v) is 2.19. The molecule has 0 saturated carbocycles. The molecule has 0 amide bonds. The first-order chi connectivity index (χ1) is 6.04. The highest BCUT2D eigenvalue weighted by Crippen LogP contribution is 2.27. The van der Waals surface area contributed by atoms with Gasteiger partial charge in [0, 0.05) is 6.54 Å². The highest BCUT2D eigenvalue weighted by molar-refractivity contribution is 4.91. The molecule has 5 heteroatoms. The number of halogens is 3. The van der Waals surface area contributed by atoms with Gasteiger partial charge in [-0.2, -0.15) is 18.4 Å². The van der Waals surface area contributed by atoms with Crippen molar-refractivity contribution in [3.05, 3.63) is 0 Å². The zero-order valence-corrected chi connectivity index (χ0v) is 7.14. The topological polar surface area (TPSA) is 27.0 Å². The van der Waals surface area contributed by atoms with Crippen LogP contribution in [0.15, 0.2) is 0 Å². The van der Waals surface area contributed by atoms with Gasteiger partial charge in [-0.25, -0.2) is 0 Å². The fraction of sp³-hybridized carbons (Fsp3) is 0.875. The second-order valence-corrected chi connectivity index (χ2v) is 3.23. The summed E-state index contributed by atoms with van der Waals surface area (Å²) < 4.78 is 36.4. The molecule has 1 unspecified atom stereocenters. The number of hydrogen-bond donors (Lipinski definition) is 0. The van der Waals surface area contributed by atoms with Gasteiger partial charge in [0.05, 0.1) is 6.07 Å². The molecule has 1 fully saturated rings. The largest absolute Gasteiger partial charge is 0.405 e. The van der Waals surface area contributed by atoms with Gasteiger partial charge in [0.1, 0.15) is 0 Å². The molecule has 2 nitrogen and oxygen atoms in total. The smallest absolute Gasteiger partial charge is 0.302 e. The molecule has 1 rings (SSSR count). The van der Waals surface area contributed by atoms with Crippen LogP contribution in [0, 0.1) is 17.2 Å². The minimum absolute atomic E-state index is 0.167. The Bertz CT molecular complexity index is 200. The van der Waals surface area contributed by atoms with E-state index in [1.807, 2.05) is 0 Å². The minimum atomic E-state index is -4.38. The summed E-state index contributed by atoms with van der Waals surface area (Å²) in [4.78, 5) is 1.70. The van der Waals surface area contributed by atoms with E-state index in [4.69, 9.17) is 5.26 Å². The first-order valence-corrected chi connectivity index (χ1v) is 4.22. The van der Waals surface area contributed by atoms with Crippen molar-refractivity contribution in [1.82, 2.24) is 4.90 Å². The van der Waals surface area contributed by atoms with Gasteiger partial charge in [-0.3, -0.25) is 0 Å². The van der Waals surface area contributed by atoms with E-state index in [1.54, 1.807) is 4.90 Å². The molecular formula is C8H11F3N2. The van der Waals surface area contributed by atoms with Gasteiger partial charge < -0.3 is 4.90 Å². The molecular weight excluding hydrogens is 181 g/mol. The van der Waals surface area contributed by atoms with E-state index >= 15 is 0 Å². The summed E-state index contributed by atoms with van der Waals surface area (Å²) in [5, 5.41) is 8.33. The number of alkyl halides is 3. The van der Waals surface area contributed by atoms with Crippen LogP contribution in [0.2, 0.25) is 0 Å². The molecule has 0 bridgehead atoms. The second-order valence-electron chi connectivity index (χ2n) is 3.23. The van der Waals surface area contributed by atoms with Gasteiger partial charge in [-0.15, -0.1) is 0 Å². The highest BCUT2D eigenvalue weighted by atomic mass is 19.4. The lowest BCUT2D eigenvalue weighted by Crippen LogP contribution is -2.34. The molecule has 0 aromatic rings. The Morgan fingerprint density at radius 2 is 1.85 bits per heavy atom. The normalized spacial score (nSPS) is 21.4. The molecule has 0 aromatic carbocycles. The highest BCUT2D eigenvalue weighted by Gasteiger charge is 2.41. The zero-order chi connectivity index (χ0) is 9.90. The molecule has 13 heavy (non-hydrogen) atoms. The Balaban J connectivity index is 2.45. The van der Waals surface area contributed by atoms with Crippen molar-refractivity contribution in [2.75, 3.05) is 19.6 Å². The lowest BCUT2D eigenvalue weighted by Gasteiger charge is -2.20. The molecule has 0 aliphatic carbocycles. The van der Waals surface area contributed by atoms with Crippen LogP contribution in [0.3, 0.4) is 0 Å². The van der Waals surface area contributed by atoms with Crippen LogP contribution in [0.25, 0.3) is 0 Å². The molecule has 1 heterocycles. The third kappa shape index (κ3) is 2.88. The van der Waals surface area contributed by atoms with E-state index in [9.17, 15) is 13.2 Å². The van der Waals surface area contributed by atoms with Crippen molar-refractivity contribution in [3.8, 4) is 6.07 Å². The number of likely N-dealkylation sites (tertiary alicyclic amines) is 1. The molecule has 0 radical (unpaired) electrons. The van der Waals surface area contributed by atoms with Crippen molar-refractivity contribution in [1.29, 1.82) is 5.26 Å². The molecule has 1 atom stereocenters. The van der Waals surface area contributed by atoms with E-state index < -0.39 is 12.1 Å². The van der Waals surface area contributed by atoms with Crippen LogP contribution < -0.4 is 0 Å². The van der Waals surface area contributed by atoms with Crippen molar-refractivity contribution < 1.29 is 13.2 Å². The lowest BCUT2D eigenvalue weighted by atomic mass is 10.1. The Kier molecular flexibility index (Phi) is 3.15. The predicted molar refractivity (Wildman–Crippen MR) is 40.8 cm³/mol. The Morgan fingerprint density at radius 1 is 1.31 bits per heavy atom. The predicted octanol–water partition coefficient (Wildman–Crippen LogP) is 1.78. The molecule has 0 aromatic heterocycles. The third-order valence-electron chi connectivity index (χ3n) is 2.19. The summed E-state index contributed by atoms with van der Waals surface area (Å²) in [5.41, 5.74) is 0. The first-order valence-electron chi connectivity index (χ1n) is 4.22. The van der Waals surface area contributed by atoms with E-state index in [0.29, 0.717) is 13.1 Å². The van der Waals surface area contributed by atoms with Gasteiger partial charge in [-0.1, -0.05) is 0 Å². The maximum absolute atomic E-state index is 12.1. The first kappa shape index (κ1) is 10.3. The quantitative estimate of drug-likeness (QED) is 0.666. The van der Waals surface area contributed by atoms with Crippen LogP contribution in [0.5, 0.6) is 0 Å². The van der Waals surface area contributed by atoms with Crippen LogP contribution in [-0.4, -0.2) is 30.7 Å². The zero-order valence-electron chi connectivity index (χ0n) is 7.14. The van der Waals surface area contributed by atoms with Gasteiger partial charge in [0.25, 0.3) is 0 Å². The lowest BCUT2D eigenvalue weighted by molar-refractivity contribution is -0.162. The van der Waals surface area contributed by atoms with Crippen LogP contribution in [0.1, 0.15) is 12.8 Å². The maximum atomic E-state index is 12.1. The number of hydrogen-bond acceptors (Lipinski definition) is 2. The average molecular weight is 192 g/mol. The van der Waals surface area contributed by atoms with Crippen molar-refractivity contribution >= 4 is 0 Å². The van der Waals surface area contributed by atoms with Gasteiger partial charge in [0.2, 0.25) is 0 Å². The van der Waals surface area contributed by atoms with Gasteiger partial charge in [-0.05, 0) is 25.9 Å². The summed E-state index contributed by atoms with van der Waals surface area (Å²) in [7, 11) is 0. The van der Waals surface area contributed by atoms with E-state index in [1.165, 1.54) is 6.07 Å². The Labute approximate surface area is 74.9 Å². The maximum Gasteiger partial charge on any atom is 0.405 e. The van der Waals surface area contributed by atoms with Crippen molar-refractivity contribution in [2.24, 2.45) is 5.92 Å². The summed E-state index contributed by atoms with van der Waals surface area (Å²) in [6.07, 6.45) is -2.50. The second kappa shape index (κ2) is 3.97. The summed E-state index contributed by atoms with van der Waals surface area (Å²) >= 11 is 0. The molecule has 1 aliphatic rings. The fourth-order valence-corrected chi connectivity index (χ4v) is 1.44. The molecule has 0 spiro atoms. The van der Waals surface area contributed by atoms with Crippen LogP contribution in [0.4, 0.5) is 13.2 Å². The van der Waals surface area contributed by atoms with Crippen molar-refractivity contribution in [3.63, 3.8) is 0 Å². The summed E-state index contributed by atoms with van der Waals surface area (Å²) in [6, 6.07) is 1.30. The average Bonchev–Trinajstić information content (AvgIpc) is 2.49. The van der Waals surface area contributed by atoms with Crippen LogP contribution >= 0.6 is 0 Å². The minimum Gasteiger partial charge on any atom is -0.302 e. The summed E-state index contributed by atoms with van der Waals surface area (Å²) in [5.74, 6) is -1.83. The molecule has 74 valence electrons. The molecule has 1 aliphatic heterocycles. The number of nitriles is 1. The Hall–Kier alpha value is -0.760.